The molecule has 3 aromatic rings. The Morgan fingerprint density at radius 1 is 1.04 bits per heavy atom. The molecule has 0 spiro atoms. The van der Waals surface area contributed by atoms with Gasteiger partial charge >= 0.3 is 0 Å². The number of benzene rings is 2. The topological polar surface area (TPSA) is 50.5 Å². The maximum atomic E-state index is 13.2. The van der Waals surface area contributed by atoms with Crippen LogP contribution in [0.25, 0.3) is 11.0 Å². The Morgan fingerprint density at radius 3 is 2.36 bits per heavy atom. The van der Waals surface area contributed by atoms with Crippen LogP contribution in [0.5, 0.6) is 0 Å². The summed E-state index contributed by atoms with van der Waals surface area (Å²) in [5.74, 6) is -0.115. The molecular weight excluding hydrogens is 382 g/mol. The van der Waals surface area contributed by atoms with Crippen LogP contribution in [0.15, 0.2) is 50.1 Å². The summed E-state index contributed by atoms with van der Waals surface area (Å²) >= 11 is 3.41. The SMILES string of the molecule is Cc1cc2oc3c(c(=O)c2cc1C)C(c1ccc(Br)cc1)N(C)C3=O. The molecule has 5 heteroatoms. The van der Waals surface area contributed by atoms with Gasteiger partial charge in [-0.25, -0.2) is 0 Å². The third kappa shape index (κ3) is 2.34. The minimum absolute atomic E-state index is 0.134. The average molecular weight is 398 g/mol. The second kappa shape index (κ2) is 5.56. The van der Waals surface area contributed by atoms with Crippen molar-refractivity contribution in [3.05, 3.63) is 79.1 Å². The van der Waals surface area contributed by atoms with Crippen LogP contribution in [-0.4, -0.2) is 17.9 Å². The summed E-state index contributed by atoms with van der Waals surface area (Å²) in [5, 5.41) is 0.520. The van der Waals surface area contributed by atoms with Gasteiger partial charge in [0.05, 0.1) is 17.0 Å². The maximum Gasteiger partial charge on any atom is 0.290 e. The van der Waals surface area contributed by atoms with Crippen molar-refractivity contribution in [3.63, 3.8) is 0 Å². The predicted molar refractivity (Wildman–Crippen MR) is 100 cm³/mol. The van der Waals surface area contributed by atoms with Gasteiger partial charge in [-0.15, -0.1) is 0 Å². The van der Waals surface area contributed by atoms with Gasteiger partial charge in [0.1, 0.15) is 5.58 Å². The Kier molecular flexibility index (Phi) is 3.58. The van der Waals surface area contributed by atoms with Gasteiger partial charge in [-0.1, -0.05) is 28.1 Å². The molecule has 4 rings (SSSR count). The number of aryl methyl sites for hydroxylation is 2. The molecule has 2 aromatic carbocycles. The standard InChI is InChI=1S/C20H16BrNO3/c1-10-8-14-15(9-11(10)2)25-19-16(18(14)23)17(22(3)20(19)24)12-4-6-13(21)7-5-12/h4-9,17H,1-3H3. The number of carbonyl (C=O) groups excluding carboxylic acids is 1. The second-order valence-electron chi connectivity index (χ2n) is 6.48. The van der Waals surface area contributed by atoms with E-state index >= 15 is 0 Å². The number of halogens is 1. The molecule has 0 bridgehead atoms. The molecule has 1 aromatic heterocycles. The fourth-order valence-electron chi connectivity index (χ4n) is 3.38. The number of carbonyl (C=O) groups is 1. The van der Waals surface area contributed by atoms with E-state index in [0.29, 0.717) is 16.5 Å². The fraction of sp³-hybridized carbons (Fsp3) is 0.200. The number of hydrogen-bond acceptors (Lipinski definition) is 3. The first kappa shape index (κ1) is 16.1. The van der Waals surface area contributed by atoms with E-state index in [4.69, 9.17) is 4.42 Å². The molecule has 1 atom stereocenters. The van der Waals surface area contributed by atoms with Crippen LogP contribution >= 0.6 is 15.9 Å². The summed E-state index contributed by atoms with van der Waals surface area (Å²) in [6, 6.07) is 10.9. The highest BCUT2D eigenvalue weighted by atomic mass is 79.9. The molecule has 4 nitrogen and oxygen atoms in total. The highest BCUT2D eigenvalue weighted by Crippen LogP contribution is 2.37. The summed E-state index contributed by atoms with van der Waals surface area (Å²) in [6.45, 7) is 3.92. The van der Waals surface area contributed by atoms with Gasteiger partial charge in [-0.2, -0.15) is 0 Å². The molecule has 25 heavy (non-hydrogen) atoms. The molecule has 0 saturated heterocycles. The largest absolute Gasteiger partial charge is 0.450 e. The van der Waals surface area contributed by atoms with Gasteiger partial charge in [0.25, 0.3) is 5.91 Å². The van der Waals surface area contributed by atoms with Crippen LogP contribution in [0.1, 0.15) is 38.9 Å². The lowest BCUT2D eigenvalue weighted by molar-refractivity contribution is 0.0771. The molecule has 0 N–H and O–H groups in total. The number of amides is 1. The molecule has 126 valence electrons. The highest BCUT2D eigenvalue weighted by Gasteiger charge is 2.40. The van der Waals surface area contributed by atoms with E-state index in [-0.39, 0.29) is 17.1 Å². The Balaban J connectivity index is 2.03. The number of hydrogen-bond donors (Lipinski definition) is 0. The molecule has 0 fully saturated rings. The third-order valence-electron chi connectivity index (χ3n) is 4.90. The normalized spacial score (nSPS) is 16.6. The minimum atomic E-state index is -0.433. The van der Waals surface area contributed by atoms with Crippen LogP contribution in [0.3, 0.4) is 0 Å². The first-order chi connectivity index (χ1) is 11.9. The van der Waals surface area contributed by atoms with E-state index in [1.54, 1.807) is 11.9 Å². The Bertz CT molecular complexity index is 1080. The van der Waals surface area contributed by atoms with Crippen LogP contribution in [-0.2, 0) is 0 Å². The van der Waals surface area contributed by atoms with E-state index in [1.807, 2.05) is 50.2 Å². The average Bonchev–Trinajstić information content (AvgIpc) is 2.83. The van der Waals surface area contributed by atoms with Gasteiger partial charge < -0.3 is 9.32 Å². The zero-order valence-electron chi connectivity index (χ0n) is 14.1. The van der Waals surface area contributed by atoms with Crippen molar-refractivity contribution in [2.75, 3.05) is 7.05 Å². The number of nitrogens with zero attached hydrogens (tertiary/aromatic N) is 1. The molecule has 0 saturated carbocycles. The Labute approximate surface area is 153 Å². The van der Waals surface area contributed by atoms with Crippen molar-refractivity contribution in [3.8, 4) is 0 Å². The maximum absolute atomic E-state index is 13.2. The van der Waals surface area contributed by atoms with Crippen LogP contribution in [0, 0.1) is 13.8 Å². The number of rotatable bonds is 1. The van der Waals surface area contributed by atoms with Crippen molar-refractivity contribution < 1.29 is 9.21 Å². The van der Waals surface area contributed by atoms with E-state index < -0.39 is 6.04 Å². The quantitative estimate of drug-likeness (QED) is 0.613. The molecule has 0 radical (unpaired) electrons. The van der Waals surface area contributed by atoms with Gasteiger partial charge in [0, 0.05) is 11.5 Å². The summed E-state index contributed by atoms with van der Waals surface area (Å²) in [6.07, 6.45) is 0. The first-order valence-corrected chi connectivity index (χ1v) is 8.78. The summed E-state index contributed by atoms with van der Waals surface area (Å²) < 4.78 is 6.82. The Hall–Kier alpha value is -2.40. The van der Waals surface area contributed by atoms with E-state index in [2.05, 4.69) is 15.9 Å². The fourth-order valence-corrected chi connectivity index (χ4v) is 3.64. The molecule has 1 amide bonds. The molecule has 2 heterocycles. The lowest BCUT2D eigenvalue weighted by atomic mass is 9.98. The summed E-state index contributed by atoms with van der Waals surface area (Å²) in [7, 11) is 1.70. The first-order valence-electron chi connectivity index (χ1n) is 7.99. The smallest absolute Gasteiger partial charge is 0.290 e. The van der Waals surface area contributed by atoms with Crippen molar-refractivity contribution >= 4 is 32.8 Å². The molecule has 1 aliphatic rings. The lowest BCUT2D eigenvalue weighted by Gasteiger charge is -2.20. The molecule has 1 unspecified atom stereocenters. The van der Waals surface area contributed by atoms with Crippen LogP contribution in [0.2, 0.25) is 0 Å². The van der Waals surface area contributed by atoms with Gasteiger partial charge in [0.2, 0.25) is 5.76 Å². The van der Waals surface area contributed by atoms with Gasteiger partial charge in [0.15, 0.2) is 5.43 Å². The van der Waals surface area contributed by atoms with Crippen molar-refractivity contribution in [1.82, 2.24) is 4.90 Å². The van der Waals surface area contributed by atoms with Gasteiger partial charge in [-0.3, -0.25) is 9.59 Å². The number of fused-ring (bicyclic) bond motifs is 2. The molecule has 0 aliphatic carbocycles. The van der Waals surface area contributed by atoms with E-state index in [1.165, 1.54) is 0 Å². The monoisotopic (exact) mass is 397 g/mol. The highest BCUT2D eigenvalue weighted by molar-refractivity contribution is 9.10. The summed E-state index contributed by atoms with van der Waals surface area (Å²) in [4.78, 5) is 27.4. The summed E-state index contributed by atoms with van der Waals surface area (Å²) in [5.41, 5.74) is 3.69. The van der Waals surface area contributed by atoms with Crippen molar-refractivity contribution in [2.45, 2.75) is 19.9 Å². The molecular formula is C20H16BrNO3. The van der Waals surface area contributed by atoms with Crippen molar-refractivity contribution in [2.24, 2.45) is 0 Å². The molecule has 1 aliphatic heterocycles. The minimum Gasteiger partial charge on any atom is -0.450 e. The van der Waals surface area contributed by atoms with E-state index in [9.17, 15) is 9.59 Å². The third-order valence-corrected chi connectivity index (χ3v) is 5.43. The predicted octanol–water partition coefficient (Wildman–Crippen LogP) is 4.35. The second-order valence-corrected chi connectivity index (χ2v) is 7.39. The van der Waals surface area contributed by atoms with E-state index in [0.717, 1.165) is 21.2 Å². The lowest BCUT2D eigenvalue weighted by Crippen LogP contribution is -2.25. The zero-order valence-corrected chi connectivity index (χ0v) is 15.7. The van der Waals surface area contributed by atoms with Crippen LogP contribution in [0.4, 0.5) is 0 Å². The van der Waals surface area contributed by atoms with Gasteiger partial charge in [-0.05, 0) is 54.8 Å². The van der Waals surface area contributed by atoms with Crippen LogP contribution < -0.4 is 5.43 Å². The Morgan fingerprint density at radius 2 is 1.68 bits per heavy atom. The van der Waals surface area contributed by atoms with Crippen molar-refractivity contribution in [1.29, 1.82) is 0 Å². The zero-order chi connectivity index (χ0) is 17.9.